The third-order valence-electron chi connectivity index (χ3n) is 2.98. The zero-order valence-corrected chi connectivity index (χ0v) is 11.9. The van der Waals surface area contributed by atoms with Gasteiger partial charge in [-0.1, -0.05) is 18.2 Å². The van der Waals surface area contributed by atoms with E-state index in [1.165, 1.54) is 12.1 Å². The predicted octanol–water partition coefficient (Wildman–Crippen LogP) is 4.20. The van der Waals surface area contributed by atoms with E-state index in [0.29, 0.717) is 17.8 Å². The van der Waals surface area contributed by atoms with Crippen molar-refractivity contribution in [2.75, 3.05) is 11.9 Å². The summed E-state index contributed by atoms with van der Waals surface area (Å²) < 4.78 is 38.2. The molecule has 22 heavy (non-hydrogen) atoms. The van der Waals surface area contributed by atoms with Gasteiger partial charge in [0.1, 0.15) is 0 Å². The van der Waals surface area contributed by atoms with Crippen LogP contribution in [0.3, 0.4) is 0 Å². The molecule has 116 valence electrons. The molecule has 0 heterocycles. The smallest absolute Gasteiger partial charge is 0.355 e. The van der Waals surface area contributed by atoms with Crippen molar-refractivity contribution >= 4 is 17.3 Å². The molecule has 2 aromatic rings. The molecule has 3 nitrogen and oxygen atoms in total. The maximum absolute atomic E-state index is 12.7. The zero-order chi connectivity index (χ0) is 16.2. The second-order valence-corrected chi connectivity index (χ2v) is 4.61. The molecule has 0 radical (unpaired) electrons. The summed E-state index contributed by atoms with van der Waals surface area (Å²) in [4.78, 5) is 12.0. The Hall–Kier alpha value is -2.50. The summed E-state index contributed by atoms with van der Waals surface area (Å²) in [6.45, 7) is 2.26. The number of hydrogen-bond donors (Lipinski definition) is 2. The molecule has 0 saturated heterocycles. The first-order chi connectivity index (χ1) is 10.4. The molecule has 0 fully saturated rings. The highest BCUT2D eigenvalue weighted by Crippen LogP contribution is 2.31. The number of carbonyl (C=O) groups excluding carboxylic acids is 1. The molecule has 0 aliphatic heterocycles. The van der Waals surface area contributed by atoms with Crippen LogP contribution in [0.25, 0.3) is 0 Å². The quantitative estimate of drug-likeness (QED) is 0.889. The topological polar surface area (TPSA) is 41.1 Å². The second kappa shape index (κ2) is 6.51. The molecule has 0 aromatic heterocycles. The van der Waals surface area contributed by atoms with Crippen molar-refractivity contribution in [2.24, 2.45) is 0 Å². The average molecular weight is 308 g/mol. The molecule has 2 N–H and O–H groups in total. The minimum atomic E-state index is -4.41. The molecule has 0 bridgehead atoms. The van der Waals surface area contributed by atoms with Crippen LogP contribution in [-0.2, 0) is 6.18 Å². The van der Waals surface area contributed by atoms with Gasteiger partial charge in [0.25, 0.3) is 5.91 Å². The highest BCUT2D eigenvalue weighted by molar-refractivity contribution is 6.00. The van der Waals surface area contributed by atoms with Crippen molar-refractivity contribution in [2.45, 2.75) is 13.1 Å². The standard InChI is InChI=1S/C16H15F3N2O/c1-2-20-15(22)13-8-3-4-9-14(13)21-12-7-5-6-11(10-12)16(17,18)19/h3-10,21H,2H2,1H3,(H,20,22). The summed E-state index contributed by atoms with van der Waals surface area (Å²) in [7, 11) is 0. The van der Waals surface area contributed by atoms with Crippen molar-refractivity contribution < 1.29 is 18.0 Å². The van der Waals surface area contributed by atoms with Gasteiger partial charge in [-0.25, -0.2) is 0 Å². The first-order valence-corrected chi connectivity index (χ1v) is 6.73. The number of anilines is 2. The van der Waals surface area contributed by atoms with E-state index in [-0.39, 0.29) is 11.6 Å². The van der Waals surface area contributed by atoms with Crippen molar-refractivity contribution in [3.63, 3.8) is 0 Å². The maximum Gasteiger partial charge on any atom is 0.416 e. The lowest BCUT2D eigenvalue weighted by Crippen LogP contribution is -2.23. The van der Waals surface area contributed by atoms with Gasteiger partial charge in [0, 0.05) is 12.2 Å². The van der Waals surface area contributed by atoms with Gasteiger partial charge >= 0.3 is 6.18 Å². The van der Waals surface area contributed by atoms with Gasteiger partial charge in [0.15, 0.2) is 0 Å². The Morgan fingerprint density at radius 2 is 1.82 bits per heavy atom. The lowest BCUT2D eigenvalue weighted by atomic mass is 10.1. The fourth-order valence-corrected chi connectivity index (χ4v) is 1.97. The first kappa shape index (κ1) is 15.9. The molecule has 0 unspecified atom stereocenters. The second-order valence-electron chi connectivity index (χ2n) is 4.61. The Labute approximate surface area is 126 Å². The van der Waals surface area contributed by atoms with Crippen molar-refractivity contribution in [3.8, 4) is 0 Å². The van der Waals surface area contributed by atoms with E-state index in [1.54, 1.807) is 31.2 Å². The largest absolute Gasteiger partial charge is 0.416 e. The summed E-state index contributed by atoms with van der Waals surface area (Å²) in [5.41, 5.74) is 0.356. The van der Waals surface area contributed by atoms with Gasteiger partial charge in [-0.05, 0) is 37.3 Å². The first-order valence-electron chi connectivity index (χ1n) is 6.73. The van der Waals surface area contributed by atoms with E-state index < -0.39 is 11.7 Å². The van der Waals surface area contributed by atoms with E-state index in [0.717, 1.165) is 12.1 Å². The van der Waals surface area contributed by atoms with Gasteiger partial charge in [-0.15, -0.1) is 0 Å². The molecular weight excluding hydrogens is 293 g/mol. The Morgan fingerprint density at radius 3 is 2.50 bits per heavy atom. The number of amides is 1. The van der Waals surface area contributed by atoms with Crippen LogP contribution in [0.1, 0.15) is 22.8 Å². The molecule has 2 aromatic carbocycles. The summed E-state index contributed by atoms with van der Waals surface area (Å²) in [5, 5.41) is 5.53. The highest BCUT2D eigenvalue weighted by atomic mass is 19.4. The monoisotopic (exact) mass is 308 g/mol. The van der Waals surface area contributed by atoms with E-state index in [4.69, 9.17) is 0 Å². The maximum atomic E-state index is 12.7. The predicted molar refractivity (Wildman–Crippen MR) is 79.2 cm³/mol. The van der Waals surface area contributed by atoms with Crippen LogP contribution in [0, 0.1) is 0 Å². The van der Waals surface area contributed by atoms with Crippen molar-refractivity contribution in [3.05, 3.63) is 59.7 Å². The van der Waals surface area contributed by atoms with Crippen LogP contribution < -0.4 is 10.6 Å². The zero-order valence-electron chi connectivity index (χ0n) is 11.9. The Kier molecular flexibility index (Phi) is 4.70. The minimum absolute atomic E-state index is 0.270. The molecule has 0 atom stereocenters. The number of halogens is 3. The Morgan fingerprint density at radius 1 is 1.09 bits per heavy atom. The highest BCUT2D eigenvalue weighted by Gasteiger charge is 2.30. The fraction of sp³-hybridized carbons (Fsp3) is 0.188. The lowest BCUT2D eigenvalue weighted by molar-refractivity contribution is -0.137. The van der Waals surface area contributed by atoms with Crippen LogP contribution >= 0.6 is 0 Å². The van der Waals surface area contributed by atoms with E-state index in [2.05, 4.69) is 10.6 Å². The Balaban J connectivity index is 2.30. The molecule has 0 saturated carbocycles. The van der Waals surface area contributed by atoms with Gasteiger partial charge in [-0.3, -0.25) is 4.79 Å². The molecular formula is C16H15F3N2O. The summed E-state index contributed by atoms with van der Waals surface area (Å²) in [5.74, 6) is -0.280. The lowest BCUT2D eigenvalue weighted by Gasteiger charge is -2.13. The van der Waals surface area contributed by atoms with Crippen LogP contribution in [0.5, 0.6) is 0 Å². The van der Waals surface area contributed by atoms with Crippen LogP contribution in [0.15, 0.2) is 48.5 Å². The number of nitrogens with one attached hydrogen (secondary N) is 2. The normalized spacial score (nSPS) is 11.1. The van der Waals surface area contributed by atoms with E-state index >= 15 is 0 Å². The van der Waals surface area contributed by atoms with E-state index in [1.807, 2.05) is 0 Å². The summed E-state index contributed by atoms with van der Waals surface area (Å²) >= 11 is 0. The molecule has 0 aliphatic carbocycles. The van der Waals surface area contributed by atoms with Crippen LogP contribution in [0.4, 0.5) is 24.5 Å². The van der Waals surface area contributed by atoms with Gasteiger partial charge < -0.3 is 10.6 Å². The minimum Gasteiger partial charge on any atom is -0.355 e. The van der Waals surface area contributed by atoms with E-state index in [9.17, 15) is 18.0 Å². The number of hydrogen-bond acceptors (Lipinski definition) is 2. The number of alkyl halides is 3. The van der Waals surface area contributed by atoms with Crippen LogP contribution in [-0.4, -0.2) is 12.5 Å². The number of benzene rings is 2. The number of carbonyl (C=O) groups is 1. The van der Waals surface area contributed by atoms with Crippen LogP contribution in [0.2, 0.25) is 0 Å². The van der Waals surface area contributed by atoms with Gasteiger partial charge in [0.05, 0.1) is 16.8 Å². The van der Waals surface area contributed by atoms with Crippen molar-refractivity contribution in [1.29, 1.82) is 0 Å². The summed E-state index contributed by atoms with van der Waals surface area (Å²) in [6, 6.07) is 11.5. The van der Waals surface area contributed by atoms with Gasteiger partial charge in [0.2, 0.25) is 0 Å². The average Bonchev–Trinajstić information content (AvgIpc) is 2.47. The molecule has 0 spiro atoms. The molecule has 2 rings (SSSR count). The third kappa shape index (κ3) is 3.78. The number of para-hydroxylation sites is 1. The number of rotatable bonds is 4. The molecule has 0 aliphatic rings. The Bertz CT molecular complexity index is 668. The molecule has 1 amide bonds. The summed E-state index contributed by atoms with van der Waals surface area (Å²) in [6.07, 6.45) is -4.41. The van der Waals surface area contributed by atoms with Gasteiger partial charge in [-0.2, -0.15) is 13.2 Å². The van der Waals surface area contributed by atoms with Crippen molar-refractivity contribution in [1.82, 2.24) is 5.32 Å². The third-order valence-corrected chi connectivity index (χ3v) is 2.98. The SMILES string of the molecule is CCNC(=O)c1ccccc1Nc1cccc(C(F)(F)F)c1. The fourth-order valence-electron chi connectivity index (χ4n) is 1.97. The molecule has 6 heteroatoms.